The molecular formula is C11H14FNO2. The van der Waals surface area contributed by atoms with E-state index in [1.807, 2.05) is 0 Å². The minimum absolute atomic E-state index is 0.154. The van der Waals surface area contributed by atoms with Crippen LogP contribution in [0.3, 0.4) is 0 Å². The van der Waals surface area contributed by atoms with Crippen LogP contribution in [0.4, 0.5) is 4.39 Å². The third-order valence-corrected chi connectivity index (χ3v) is 2.37. The second-order valence-electron chi connectivity index (χ2n) is 3.53. The van der Waals surface area contributed by atoms with Gasteiger partial charge in [-0.15, -0.1) is 0 Å². The molecule has 0 spiro atoms. The van der Waals surface area contributed by atoms with E-state index in [0.29, 0.717) is 11.6 Å². The first-order valence-electron chi connectivity index (χ1n) is 5.15. The number of hydrogen-bond donors (Lipinski definition) is 0. The Kier molecular flexibility index (Phi) is 3.50. The lowest BCUT2D eigenvalue weighted by Gasteiger charge is -2.22. The lowest BCUT2D eigenvalue weighted by Crippen LogP contribution is -2.26. The third kappa shape index (κ3) is 2.89. The van der Waals surface area contributed by atoms with Crippen LogP contribution in [0.2, 0.25) is 0 Å². The fourth-order valence-corrected chi connectivity index (χ4v) is 1.56. The van der Waals surface area contributed by atoms with Gasteiger partial charge in [0.05, 0.1) is 18.9 Å². The van der Waals surface area contributed by atoms with Crippen LogP contribution in [-0.4, -0.2) is 24.3 Å². The van der Waals surface area contributed by atoms with E-state index in [1.165, 1.54) is 0 Å². The molecule has 82 valence electrons. The molecule has 0 unspecified atom stereocenters. The van der Waals surface area contributed by atoms with Crippen LogP contribution in [0.1, 0.15) is 18.5 Å². The molecule has 0 bridgehead atoms. The summed E-state index contributed by atoms with van der Waals surface area (Å²) in [6.45, 7) is 0.909. The molecular weight excluding hydrogens is 197 g/mol. The van der Waals surface area contributed by atoms with Gasteiger partial charge in [-0.2, -0.15) is 0 Å². The Labute approximate surface area is 88.2 Å². The van der Waals surface area contributed by atoms with Gasteiger partial charge >= 0.3 is 0 Å². The molecule has 1 aliphatic rings. The van der Waals surface area contributed by atoms with Gasteiger partial charge in [0.1, 0.15) is 12.8 Å². The average molecular weight is 211 g/mol. The first-order valence-corrected chi connectivity index (χ1v) is 5.15. The fourth-order valence-electron chi connectivity index (χ4n) is 1.56. The Morgan fingerprint density at radius 3 is 2.93 bits per heavy atom. The zero-order chi connectivity index (χ0) is 10.5. The van der Waals surface area contributed by atoms with Crippen molar-refractivity contribution in [1.29, 1.82) is 0 Å². The topological polar surface area (TPSA) is 31.4 Å². The summed E-state index contributed by atoms with van der Waals surface area (Å²) < 4.78 is 23.2. The van der Waals surface area contributed by atoms with E-state index in [-0.39, 0.29) is 6.10 Å². The van der Waals surface area contributed by atoms with Crippen molar-refractivity contribution in [2.24, 2.45) is 0 Å². The lowest BCUT2D eigenvalue weighted by atomic mass is 10.1. The van der Waals surface area contributed by atoms with E-state index in [1.54, 1.807) is 18.2 Å². The van der Waals surface area contributed by atoms with Gasteiger partial charge in [-0.25, -0.2) is 9.37 Å². The van der Waals surface area contributed by atoms with Crippen molar-refractivity contribution in [3.63, 3.8) is 0 Å². The molecule has 0 radical (unpaired) electrons. The summed E-state index contributed by atoms with van der Waals surface area (Å²) in [5, 5.41) is 0. The molecule has 1 saturated heterocycles. The van der Waals surface area contributed by atoms with E-state index in [4.69, 9.17) is 9.47 Å². The molecule has 0 amide bonds. The summed E-state index contributed by atoms with van der Waals surface area (Å²) in [6, 6.07) is 5.17. The van der Waals surface area contributed by atoms with Gasteiger partial charge in [-0.05, 0) is 6.07 Å². The van der Waals surface area contributed by atoms with Crippen LogP contribution in [0.5, 0.6) is 5.88 Å². The summed E-state index contributed by atoms with van der Waals surface area (Å²) >= 11 is 0. The molecule has 0 aromatic carbocycles. The summed E-state index contributed by atoms with van der Waals surface area (Å²) in [7, 11) is 0. The molecule has 0 N–H and O–H groups in total. The Morgan fingerprint density at radius 1 is 1.40 bits per heavy atom. The number of alkyl halides is 1. The molecule has 3 nitrogen and oxygen atoms in total. The number of halogens is 1. The Hall–Kier alpha value is -1.16. The summed E-state index contributed by atoms with van der Waals surface area (Å²) in [5.41, 5.74) is 0.416. The van der Waals surface area contributed by atoms with Crippen molar-refractivity contribution in [3.05, 3.63) is 23.9 Å². The van der Waals surface area contributed by atoms with Gasteiger partial charge < -0.3 is 9.47 Å². The first kappa shape index (κ1) is 10.4. The molecule has 2 heterocycles. The Bertz CT molecular complexity index is 313. The van der Waals surface area contributed by atoms with Crippen LogP contribution < -0.4 is 4.74 Å². The zero-order valence-corrected chi connectivity index (χ0v) is 8.49. The molecule has 2 rings (SSSR count). The van der Waals surface area contributed by atoms with E-state index >= 15 is 0 Å². The number of ether oxygens (including phenoxy) is 2. The smallest absolute Gasteiger partial charge is 0.213 e. The minimum atomic E-state index is -0.551. The maximum absolute atomic E-state index is 12.3. The highest BCUT2D eigenvalue weighted by atomic mass is 19.1. The highest BCUT2D eigenvalue weighted by Gasteiger charge is 2.15. The molecule has 1 aromatic heterocycles. The SMILES string of the molecule is FCc1cccc(OC2CCOCC2)n1. The van der Waals surface area contributed by atoms with Crippen molar-refractivity contribution >= 4 is 0 Å². The van der Waals surface area contributed by atoms with Gasteiger partial charge in [0.2, 0.25) is 5.88 Å². The summed E-state index contributed by atoms with van der Waals surface area (Å²) in [6.07, 6.45) is 1.91. The van der Waals surface area contributed by atoms with Crippen LogP contribution in [-0.2, 0) is 11.4 Å². The normalized spacial score (nSPS) is 17.7. The number of aromatic nitrogens is 1. The molecule has 0 aliphatic carbocycles. The molecule has 1 aliphatic heterocycles. The summed E-state index contributed by atoms with van der Waals surface area (Å²) in [5.74, 6) is 0.511. The van der Waals surface area contributed by atoms with Crippen molar-refractivity contribution in [2.75, 3.05) is 13.2 Å². The molecule has 1 fully saturated rings. The number of nitrogens with zero attached hydrogens (tertiary/aromatic N) is 1. The highest BCUT2D eigenvalue weighted by Crippen LogP contribution is 2.16. The maximum atomic E-state index is 12.3. The fraction of sp³-hybridized carbons (Fsp3) is 0.545. The van der Waals surface area contributed by atoms with Gasteiger partial charge in [-0.1, -0.05) is 6.07 Å². The second kappa shape index (κ2) is 5.07. The minimum Gasteiger partial charge on any atom is -0.474 e. The van der Waals surface area contributed by atoms with Gasteiger partial charge in [0.15, 0.2) is 0 Å². The van der Waals surface area contributed by atoms with Crippen molar-refractivity contribution in [2.45, 2.75) is 25.6 Å². The summed E-state index contributed by atoms with van der Waals surface area (Å²) in [4.78, 5) is 4.05. The predicted molar refractivity (Wildman–Crippen MR) is 53.5 cm³/mol. The van der Waals surface area contributed by atoms with Crippen LogP contribution in [0, 0.1) is 0 Å². The largest absolute Gasteiger partial charge is 0.474 e. The molecule has 0 atom stereocenters. The quantitative estimate of drug-likeness (QED) is 0.767. The second-order valence-corrected chi connectivity index (χ2v) is 3.53. The average Bonchev–Trinajstić information content (AvgIpc) is 2.31. The number of rotatable bonds is 3. The van der Waals surface area contributed by atoms with Gasteiger partial charge in [0.25, 0.3) is 0 Å². The predicted octanol–water partition coefficient (Wildman–Crippen LogP) is 2.11. The number of hydrogen-bond acceptors (Lipinski definition) is 3. The van der Waals surface area contributed by atoms with Crippen LogP contribution >= 0.6 is 0 Å². The standard InChI is InChI=1S/C11H14FNO2/c12-8-9-2-1-3-11(13-9)15-10-4-6-14-7-5-10/h1-3,10H,4-8H2. The zero-order valence-electron chi connectivity index (χ0n) is 8.49. The molecule has 0 saturated carbocycles. The van der Waals surface area contributed by atoms with E-state index in [2.05, 4.69) is 4.98 Å². The number of pyridine rings is 1. The molecule has 1 aromatic rings. The Balaban J connectivity index is 1.96. The van der Waals surface area contributed by atoms with Gasteiger partial charge in [-0.3, -0.25) is 0 Å². The Morgan fingerprint density at radius 2 is 2.20 bits per heavy atom. The first-order chi connectivity index (χ1) is 7.38. The van der Waals surface area contributed by atoms with Crippen molar-refractivity contribution in [3.8, 4) is 5.88 Å². The van der Waals surface area contributed by atoms with Crippen molar-refractivity contribution in [1.82, 2.24) is 4.98 Å². The molecule has 4 heteroatoms. The highest BCUT2D eigenvalue weighted by molar-refractivity contribution is 5.15. The van der Waals surface area contributed by atoms with Crippen molar-refractivity contribution < 1.29 is 13.9 Å². The maximum Gasteiger partial charge on any atom is 0.213 e. The third-order valence-electron chi connectivity index (χ3n) is 2.37. The van der Waals surface area contributed by atoms with E-state index in [9.17, 15) is 4.39 Å². The van der Waals surface area contributed by atoms with E-state index < -0.39 is 6.67 Å². The molecule has 15 heavy (non-hydrogen) atoms. The van der Waals surface area contributed by atoms with Crippen LogP contribution in [0.15, 0.2) is 18.2 Å². The van der Waals surface area contributed by atoms with E-state index in [0.717, 1.165) is 26.1 Å². The monoisotopic (exact) mass is 211 g/mol. The van der Waals surface area contributed by atoms with Gasteiger partial charge in [0, 0.05) is 18.9 Å². The van der Waals surface area contributed by atoms with Crippen LogP contribution in [0.25, 0.3) is 0 Å². The lowest BCUT2D eigenvalue weighted by molar-refractivity contribution is 0.0236.